The van der Waals surface area contributed by atoms with Gasteiger partial charge in [-0.15, -0.1) is 0 Å². The Bertz CT molecular complexity index is 396. The fourth-order valence-corrected chi connectivity index (χ4v) is 3.75. The zero-order valence-corrected chi connectivity index (χ0v) is 11.9. The van der Waals surface area contributed by atoms with Gasteiger partial charge in [-0.3, -0.25) is 4.90 Å². The van der Waals surface area contributed by atoms with Gasteiger partial charge < -0.3 is 0 Å². The van der Waals surface area contributed by atoms with Gasteiger partial charge >= 0.3 is 0 Å². The zero-order chi connectivity index (χ0) is 11.7. The first-order valence-corrected chi connectivity index (χ1v) is 7.63. The van der Waals surface area contributed by atoms with Crippen molar-refractivity contribution in [2.45, 2.75) is 44.6 Å². The summed E-state index contributed by atoms with van der Waals surface area (Å²) >= 11 is 3.58. The minimum absolute atomic E-state index is 0.882. The number of hydrogen-bond donors (Lipinski definition) is 0. The Morgan fingerprint density at radius 3 is 2.47 bits per heavy atom. The van der Waals surface area contributed by atoms with Crippen molar-refractivity contribution >= 4 is 15.9 Å². The monoisotopic (exact) mass is 293 g/mol. The molecule has 17 heavy (non-hydrogen) atoms. The lowest BCUT2D eigenvalue weighted by atomic mass is 10.0. The molecule has 1 nitrogen and oxygen atoms in total. The van der Waals surface area contributed by atoms with E-state index in [1.165, 1.54) is 56.1 Å². The maximum absolute atomic E-state index is 3.58. The summed E-state index contributed by atoms with van der Waals surface area (Å²) in [7, 11) is 0. The molecule has 3 rings (SSSR count). The molecule has 0 spiro atoms. The topological polar surface area (TPSA) is 3.24 Å². The highest BCUT2D eigenvalue weighted by molar-refractivity contribution is 9.10. The zero-order valence-electron chi connectivity index (χ0n) is 10.3. The molecule has 2 heteroatoms. The maximum atomic E-state index is 3.58. The average molecular weight is 294 g/mol. The molecule has 0 amide bonds. The van der Waals surface area contributed by atoms with Crippen molar-refractivity contribution < 1.29 is 0 Å². The first-order chi connectivity index (χ1) is 8.33. The molecule has 1 fully saturated rings. The number of benzene rings is 1. The van der Waals surface area contributed by atoms with Crippen molar-refractivity contribution in [1.29, 1.82) is 0 Å². The van der Waals surface area contributed by atoms with Crippen LogP contribution >= 0.6 is 15.9 Å². The maximum Gasteiger partial charge on any atom is 0.0178 e. The molecular formula is C15H20BrN. The molecule has 0 atom stereocenters. The SMILES string of the molecule is Brc1ccc2c(c1)CCN(C1CCCC1)CC2. The molecule has 1 aliphatic heterocycles. The molecule has 1 heterocycles. The molecular weight excluding hydrogens is 274 g/mol. The van der Waals surface area contributed by atoms with Crippen molar-refractivity contribution in [2.24, 2.45) is 0 Å². The second-order valence-electron chi connectivity index (χ2n) is 5.39. The highest BCUT2D eigenvalue weighted by atomic mass is 79.9. The van der Waals surface area contributed by atoms with Crippen LogP contribution in [-0.4, -0.2) is 24.0 Å². The minimum atomic E-state index is 0.882. The van der Waals surface area contributed by atoms with E-state index in [0.29, 0.717) is 0 Å². The number of nitrogens with zero attached hydrogens (tertiary/aromatic N) is 1. The van der Waals surface area contributed by atoms with Crippen molar-refractivity contribution in [3.63, 3.8) is 0 Å². The van der Waals surface area contributed by atoms with Gasteiger partial charge in [0, 0.05) is 23.6 Å². The molecule has 0 radical (unpaired) electrons. The third-order valence-corrected chi connectivity index (χ3v) is 4.84. The summed E-state index contributed by atoms with van der Waals surface area (Å²) in [5.74, 6) is 0. The number of hydrogen-bond acceptors (Lipinski definition) is 1. The predicted octanol–water partition coefficient (Wildman–Crippen LogP) is 3.79. The lowest BCUT2D eigenvalue weighted by molar-refractivity contribution is 0.208. The average Bonchev–Trinajstić information content (AvgIpc) is 2.77. The lowest BCUT2D eigenvalue weighted by Gasteiger charge is -2.26. The quantitative estimate of drug-likeness (QED) is 0.761. The molecule has 0 unspecified atom stereocenters. The standard InChI is InChI=1S/C15H20BrN/c16-14-6-5-12-7-9-17(10-8-13(12)11-14)15-3-1-2-4-15/h5-6,11,15H,1-4,7-10H2. The predicted molar refractivity (Wildman–Crippen MR) is 75.4 cm³/mol. The van der Waals surface area contributed by atoms with Gasteiger partial charge in [0.1, 0.15) is 0 Å². The van der Waals surface area contributed by atoms with E-state index in [2.05, 4.69) is 39.0 Å². The Balaban J connectivity index is 1.74. The van der Waals surface area contributed by atoms with Gasteiger partial charge in [-0.1, -0.05) is 34.8 Å². The van der Waals surface area contributed by atoms with Crippen LogP contribution in [0, 0.1) is 0 Å². The van der Waals surface area contributed by atoms with E-state index in [9.17, 15) is 0 Å². The van der Waals surface area contributed by atoms with Gasteiger partial charge in [-0.25, -0.2) is 0 Å². The van der Waals surface area contributed by atoms with Crippen LogP contribution in [0.3, 0.4) is 0 Å². The van der Waals surface area contributed by atoms with E-state index in [1.54, 1.807) is 11.1 Å². The van der Waals surface area contributed by atoms with E-state index in [4.69, 9.17) is 0 Å². The Kier molecular flexibility index (Phi) is 3.53. The Labute approximate surface area is 112 Å². The van der Waals surface area contributed by atoms with Gasteiger partial charge in [0.2, 0.25) is 0 Å². The smallest absolute Gasteiger partial charge is 0.0178 e. The number of rotatable bonds is 1. The summed E-state index contributed by atoms with van der Waals surface area (Å²) in [6.45, 7) is 2.52. The molecule has 1 saturated carbocycles. The fraction of sp³-hybridized carbons (Fsp3) is 0.600. The van der Waals surface area contributed by atoms with Crippen LogP contribution in [0.2, 0.25) is 0 Å². The van der Waals surface area contributed by atoms with Crippen molar-refractivity contribution in [2.75, 3.05) is 13.1 Å². The third kappa shape index (κ3) is 2.58. The summed E-state index contributed by atoms with van der Waals surface area (Å²) in [4.78, 5) is 2.74. The number of halogens is 1. The van der Waals surface area contributed by atoms with Crippen LogP contribution in [0.1, 0.15) is 36.8 Å². The van der Waals surface area contributed by atoms with Gasteiger partial charge in [-0.05, 0) is 48.9 Å². The number of fused-ring (bicyclic) bond motifs is 1. The summed E-state index contributed by atoms with van der Waals surface area (Å²) in [5.41, 5.74) is 3.12. The summed E-state index contributed by atoms with van der Waals surface area (Å²) < 4.78 is 1.23. The molecule has 92 valence electrons. The molecule has 0 saturated heterocycles. The van der Waals surface area contributed by atoms with Crippen LogP contribution in [0.15, 0.2) is 22.7 Å². The second kappa shape index (κ2) is 5.11. The molecule has 0 bridgehead atoms. The van der Waals surface area contributed by atoms with E-state index in [1.807, 2.05) is 0 Å². The van der Waals surface area contributed by atoms with Gasteiger partial charge in [0.05, 0.1) is 0 Å². The van der Waals surface area contributed by atoms with Crippen molar-refractivity contribution in [3.05, 3.63) is 33.8 Å². The van der Waals surface area contributed by atoms with E-state index in [0.717, 1.165) is 6.04 Å². The van der Waals surface area contributed by atoms with Crippen molar-refractivity contribution in [1.82, 2.24) is 4.90 Å². The Morgan fingerprint density at radius 1 is 1.00 bits per heavy atom. The molecule has 1 aliphatic carbocycles. The summed E-state index contributed by atoms with van der Waals surface area (Å²) in [6.07, 6.45) is 8.21. The first kappa shape index (κ1) is 11.7. The fourth-order valence-electron chi connectivity index (χ4n) is 3.35. The van der Waals surface area contributed by atoms with Crippen LogP contribution < -0.4 is 0 Å². The molecule has 1 aromatic carbocycles. The molecule has 0 aromatic heterocycles. The second-order valence-corrected chi connectivity index (χ2v) is 6.30. The molecule has 0 N–H and O–H groups in total. The van der Waals surface area contributed by atoms with Crippen molar-refractivity contribution in [3.8, 4) is 0 Å². The Hall–Kier alpha value is -0.340. The highest BCUT2D eigenvalue weighted by Gasteiger charge is 2.24. The van der Waals surface area contributed by atoms with Gasteiger partial charge in [0.25, 0.3) is 0 Å². The van der Waals surface area contributed by atoms with Crippen LogP contribution in [0.5, 0.6) is 0 Å². The first-order valence-electron chi connectivity index (χ1n) is 6.84. The summed E-state index contributed by atoms with van der Waals surface area (Å²) in [6, 6.07) is 7.68. The van der Waals surface area contributed by atoms with E-state index in [-0.39, 0.29) is 0 Å². The molecule has 2 aliphatic rings. The molecule has 1 aromatic rings. The van der Waals surface area contributed by atoms with E-state index < -0.39 is 0 Å². The van der Waals surface area contributed by atoms with Crippen LogP contribution in [0.4, 0.5) is 0 Å². The lowest BCUT2D eigenvalue weighted by Crippen LogP contribution is -2.35. The van der Waals surface area contributed by atoms with Gasteiger partial charge in [-0.2, -0.15) is 0 Å². The summed E-state index contributed by atoms with van der Waals surface area (Å²) in [5, 5.41) is 0. The van der Waals surface area contributed by atoms with E-state index >= 15 is 0 Å². The van der Waals surface area contributed by atoms with Crippen LogP contribution in [-0.2, 0) is 12.8 Å². The largest absolute Gasteiger partial charge is 0.300 e. The Morgan fingerprint density at radius 2 is 1.71 bits per heavy atom. The van der Waals surface area contributed by atoms with Gasteiger partial charge in [0.15, 0.2) is 0 Å². The highest BCUT2D eigenvalue weighted by Crippen LogP contribution is 2.27. The normalized spacial score (nSPS) is 22.4. The minimum Gasteiger partial charge on any atom is -0.300 e. The van der Waals surface area contributed by atoms with Crippen LogP contribution in [0.25, 0.3) is 0 Å². The third-order valence-electron chi connectivity index (χ3n) is 4.35.